The third-order valence-electron chi connectivity index (χ3n) is 5.66. The molecule has 1 aromatic carbocycles. The molecule has 0 radical (unpaired) electrons. The first-order valence-electron chi connectivity index (χ1n) is 10.8. The summed E-state index contributed by atoms with van der Waals surface area (Å²) in [5.41, 5.74) is 4.06. The Morgan fingerprint density at radius 1 is 1.13 bits per heavy atom. The molecule has 6 nitrogen and oxygen atoms in total. The second-order valence-electron chi connectivity index (χ2n) is 8.33. The molecule has 1 fully saturated rings. The van der Waals surface area contributed by atoms with Gasteiger partial charge >= 0.3 is 0 Å². The summed E-state index contributed by atoms with van der Waals surface area (Å²) in [7, 11) is 0. The van der Waals surface area contributed by atoms with E-state index in [1.54, 1.807) is 12.4 Å². The normalized spacial score (nSPS) is 13.6. The van der Waals surface area contributed by atoms with Crippen molar-refractivity contribution in [2.75, 3.05) is 0 Å². The summed E-state index contributed by atoms with van der Waals surface area (Å²) < 4.78 is 1.89. The zero-order valence-corrected chi connectivity index (χ0v) is 17.8. The van der Waals surface area contributed by atoms with Gasteiger partial charge in [0.1, 0.15) is 0 Å². The van der Waals surface area contributed by atoms with Crippen LogP contribution in [0.2, 0.25) is 0 Å². The van der Waals surface area contributed by atoms with Crippen molar-refractivity contribution >= 4 is 16.9 Å². The van der Waals surface area contributed by atoms with Crippen molar-refractivity contribution in [3.05, 3.63) is 78.2 Å². The Balaban J connectivity index is 1.63. The topological polar surface area (TPSA) is 63.9 Å². The van der Waals surface area contributed by atoms with Crippen LogP contribution in [0.4, 0.5) is 0 Å². The van der Waals surface area contributed by atoms with Crippen molar-refractivity contribution in [2.24, 2.45) is 0 Å². The molecule has 4 aromatic rings. The number of pyridine rings is 2. The second kappa shape index (κ2) is 7.95. The molecule has 0 unspecified atom stereocenters. The molecule has 3 aromatic heterocycles. The van der Waals surface area contributed by atoms with E-state index in [2.05, 4.69) is 23.9 Å². The van der Waals surface area contributed by atoms with E-state index in [1.807, 2.05) is 64.2 Å². The summed E-state index contributed by atoms with van der Waals surface area (Å²) in [4.78, 5) is 25.1. The summed E-state index contributed by atoms with van der Waals surface area (Å²) in [6.45, 7) is 4.65. The third kappa shape index (κ3) is 3.81. The molecule has 0 aliphatic heterocycles. The van der Waals surface area contributed by atoms with Crippen LogP contribution in [0.25, 0.3) is 22.3 Å². The molecular weight excluding hydrogens is 386 g/mol. The molecule has 31 heavy (non-hydrogen) atoms. The van der Waals surface area contributed by atoms with E-state index in [0.717, 1.165) is 40.8 Å². The Bertz CT molecular complexity index is 1210. The number of rotatable bonds is 6. The van der Waals surface area contributed by atoms with Crippen molar-refractivity contribution < 1.29 is 4.79 Å². The molecule has 1 aliphatic carbocycles. The van der Waals surface area contributed by atoms with Crippen LogP contribution in [0.15, 0.2) is 67.0 Å². The molecule has 1 aliphatic rings. The molecule has 0 bridgehead atoms. The van der Waals surface area contributed by atoms with Gasteiger partial charge in [0, 0.05) is 23.8 Å². The standard InChI is InChI=1S/C25H25N5O/c1-17(2)30-24-22(15-27-30)21(14-23(28-24)18-8-4-3-5-9-18)25(31)29(20-11-12-20)16-19-10-6-7-13-26-19/h3-10,13-15,17,20H,11-12,16H2,1-2H3. The van der Waals surface area contributed by atoms with E-state index < -0.39 is 0 Å². The van der Waals surface area contributed by atoms with Crippen molar-refractivity contribution in [1.29, 1.82) is 0 Å². The molecule has 0 atom stereocenters. The SMILES string of the molecule is CC(C)n1ncc2c(C(=O)N(Cc3ccccn3)C3CC3)cc(-c3ccccc3)nc21. The number of carbonyl (C=O) groups excluding carboxylic acids is 1. The Hall–Kier alpha value is -3.54. The van der Waals surface area contributed by atoms with Gasteiger partial charge in [0.15, 0.2) is 5.65 Å². The van der Waals surface area contributed by atoms with E-state index in [9.17, 15) is 4.79 Å². The molecular formula is C25H25N5O. The first kappa shape index (κ1) is 19.4. The molecule has 156 valence electrons. The van der Waals surface area contributed by atoms with Gasteiger partial charge in [-0.25, -0.2) is 9.67 Å². The van der Waals surface area contributed by atoms with Gasteiger partial charge in [0.05, 0.1) is 35.1 Å². The number of amides is 1. The summed E-state index contributed by atoms with van der Waals surface area (Å²) >= 11 is 0. The van der Waals surface area contributed by atoms with Crippen molar-refractivity contribution in [1.82, 2.24) is 24.6 Å². The predicted molar refractivity (Wildman–Crippen MR) is 120 cm³/mol. The number of nitrogens with zero attached hydrogens (tertiary/aromatic N) is 5. The average Bonchev–Trinajstić information content (AvgIpc) is 3.55. The van der Waals surface area contributed by atoms with Crippen LogP contribution in [-0.4, -0.2) is 36.6 Å². The highest BCUT2D eigenvalue weighted by atomic mass is 16.2. The lowest BCUT2D eigenvalue weighted by Crippen LogP contribution is -2.33. The van der Waals surface area contributed by atoms with E-state index in [4.69, 9.17) is 4.98 Å². The minimum absolute atomic E-state index is 0.0149. The summed E-state index contributed by atoms with van der Waals surface area (Å²) in [6.07, 6.45) is 5.61. The fourth-order valence-electron chi connectivity index (χ4n) is 3.90. The Kier molecular flexibility index (Phi) is 4.98. The zero-order valence-electron chi connectivity index (χ0n) is 17.8. The van der Waals surface area contributed by atoms with Gasteiger partial charge in [-0.05, 0) is 44.9 Å². The summed E-state index contributed by atoms with van der Waals surface area (Å²) in [5.74, 6) is 0.0149. The van der Waals surface area contributed by atoms with Gasteiger partial charge in [-0.2, -0.15) is 5.10 Å². The molecule has 1 amide bonds. The van der Waals surface area contributed by atoms with Crippen LogP contribution in [0, 0.1) is 0 Å². The fourth-order valence-corrected chi connectivity index (χ4v) is 3.90. The van der Waals surface area contributed by atoms with Crippen LogP contribution in [-0.2, 0) is 6.54 Å². The van der Waals surface area contributed by atoms with E-state index >= 15 is 0 Å². The lowest BCUT2D eigenvalue weighted by molar-refractivity contribution is 0.0729. The monoisotopic (exact) mass is 411 g/mol. The lowest BCUT2D eigenvalue weighted by atomic mass is 10.1. The molecule has 3 heterocycles. The third-order valence-corrected chi connectivity index (χ3v) is 5.66. The Morgan fingerprint density at radius 2 is 1.90 bits per heavy atom. The zero-order chi connectivity index (χ0) is 21.4. The Labute approximate surface area is 181 Å². The minimum atomic E-state index is 0.0149. The molecule has 5 rings (SSSR count). The highest BCUT2D eigenvalue weighted by molar-refractivity contribution is 6.06. The number of benzene rings is 1. The van der Waals surface area contributed by atoms with Crippen LogP contribution >= 0.6 is 0 Å². The van der Waals surface area contributed by atoms with Gasteiger partial charge < -0.3 is 4.90 Å². The predicted octanol–water partition coefficient (Wildman–Crippen LogP) is 4.88. The maximum atomic E-state index is 13.8. The van der Waals surface area contributed by atoms with Gasteiger partial charge in [0.2, 0.25) is 0 Å². The first-order valence-corrected chi connectivity index (χ1v) is 10.8. The van der Waals surface area contributed by atoms with E-state index in [1.165, 1.54) is 0 Å². The van der Waals surface area contributed by atoms with Crippen LogP contribution < -0.4 is 0 Å². The van der Waals surface area contributed by atoms with Gasteiger partial charge in [-0.15, -0.1) is 0 Å². The summed E-state index contributed by atoms with van der Waals surface area (Å²) in [5, 5.41) is 5.34. The minimum Gasteiger partial charge on any atom is -0.330 e. The second-order valence-corrected chi connectivity index (χ2v) is 8.33. The molecule has 6 heteroatoms. The lowest BCUT2D eigenvalue weighted by Gasteiger charge is -2.23. The van der Waals surface area contributed by atoms with E-state index in [-0.39, 0.29) is 18.0 Å². The average molecular weight is 412 g/mol. The van der Waals surface area contributed by atoms with Crippen LogP contribution in [0.1, 0.15) is 48.8 Å². The largest absolute Gasteiger partial charge is 0.330 e. The van der Waals surface area contributed by atoms with Crippen LogP contribution in [0.3, 0.4) is 0 Å². The van der Waals surface area contributed by atoms with Gasteiger partial charge in [0.25, 0.3) is 5.91 Å². The maximum absolute atomic E-state index is 13.8. The fraction of sp³-hybridized carbons (Fsp3) is 0.280. The van der Waals surface area contributed by atoms with Crippen LogP contribution in [0.5, 0.6) is 0 Å². The van der Waals surface area contributed by atoms with Gasteiger partial charge in [-0.3, -0.25) is 9.78 Å². The Morgan fingerprint density at radius 3 is 2.58 bits per heavy atom. The number of carbonyl (C=O) groups is 1. The molecule has 0 spiro atoms. The molecule has 0 saturated heterocycles. The van der Waals surface area contributed by atoms with Crippen molar-refractivity contribution in [3.8, 4) is 11.3 Å². The highest BCUT2D eigenvalue weighted by Crippen LogP contribution is 2.33. The molecule has 1 saturated carbocycles. The van der Waals surface area contributed by atoms with E-state index in [0.29, 0.717) is 12.1 Å². The number of aromatic nitrogens is 4. The van der Waals surface area contributed by atoms with Crippen molar-refractivity contribution in [2.45, 2.75) is 45.3 Å². The first-order chi connectivity index (χ1) is 15.1. The number of hydrogen-bond acceptors (Lipinski definition) is 4. The quantitative estimate of drug-likeness (QED) is 0.454. The maximum Gasteiger partial charge on any atom is 0.255 e. The van der Waals surface area contributed by atoms with Crippen molar-refractivity contribution in [3.63, 3.8) is 0 Å². The number of hydrogen-bond donors (Lipinski definition) is 0. The highest BCUT2D eigenvalue weighted by Gasteiger charge is 2.34. The number of fused-ring (bicyclic) bond motifs is 1. The smallest absolute Gasteiger partial charge is 0.255 e. The summed E-state index contributed by atoms with van der Waals surface area (Å²) in [6, 6.07) is 18.1. The molecule has 0 N–H and O–H groups in total. The van der Waals surface area contributed by atoms with Gasteiger partial charge in [-0.1, -0.05) is 36.4 Å².